The van der Waals surface area contributed by atoms with Crippen LogP contribution in [-0.4, -0.2) is 66.6 Å². The van der Waals surface area contributed by atoms with Gasteiger partial charge in [-0.15, -0.1) is 0 Å². The Morgan fingerprint density at radius 1 is 0.918 bits per heavy atom. The summed E-state index contributed by atoms with van der Waals surface area (Å²) in [6, 6.07) is 12.5. The van der Waals surface area contributed by atoms with E-state index in [0.29, 0.717) is 25.8 Å². The molecule has 264 valence electrons. The first-order valence-corrected chi connectivity index (χ1v) is 18.9. The van der Waals surface area contributed by atoms with Crippen LogP contribution in [0.2, 0.25) is 0 Å². The number of nitrogens with zero attached hydrogens (tertiary/aromatic N) is 2. The normalized spacial score (nSPS) is 17.2. The number of carbonyl (C=O) groups is 3. The van der Waals surface area contributed by atoms with Crippen molar-refractivity contribution in [3.63, 3.8) is 0 Å². The Morgan fingerprint density at radius 3 is 2.22 bits per heavy atom. The standard InChI is InChI=1S/C39H51N3O6S/c1-28-15-17-33-31(26-28)38(3,4)35(41(33)21-9-7-8-14-37(45)40-30(19-23-43)20-24-44)12-10-13-36-39(5,6)32-27-29(2)16-18-34(32)42(36)22-11-25-49(46,47)48/h10,12-13,15-18,23-24,26-27,30H,7-9,11,14,19-22,25H2,1-6H3,(H-,40,45,46,47,48)/p+1. The van der Waals surface area contributed by atoms with Crippen LogP contribution in [0.25, 0.3) is 0 Å². The Hall–Kier alpha value is -3.89. The van der Waals surface area contributed by atoms with Gasteiger partial charge in [0.15, 0.2) is 5.71 Å². The van der Waals surface area contributed by atoms with Gasteiger partial charge in [0, 0.05) is 72.8 Å². The van der Waals surface area contributed by atoms with Gasteiger partial charge in [0.2, 0.25) is 11.6 Å². The molecule has 2 aliphatic heterocycles. The van der Waals surface area contributed by atoms with Crippen LogP contribution in [0.4, 0.5) is 11.4 Å². The van der Waals surface area contributed by atoms with E-state index in [0.717, 1.165) is 48.9 Å². The Morgan fingerprint density at radius 2 is 1.57 bits per heavy atom. The van der Waals surface area contributed by atoms with Gasteiger partial charge in [0.25, 0.3) is 10.1 Å². The van der Waals surface area contributed by atoms with E-state index in [9.17, 15) is 27.4 Å². The molecule has 0 radical (unpaired) electrons. The molecule has 2 aromatic rings. The van der Waals surface area contributed by atoms with Crippen molar-refractivity contribution in [2.24, 2.45) is 0 Å². The molecule has 0 saturated heterocycles. The predicted octanol–water partition coefficient (Wildman–Crippen LogP) is 6.42. The Kier molecular flexibility index (Phi) is 12.2. The molecule has 2 aliphatic rings. The average Bonchev–Trinajstić information content (AvgIpc) is 3.34. The minimum absolute atomic E-state index is 0.132. The van der Waals surface area contributed by atoms with Crippen LogP contribution in [0.15, 0.2) is 60.3 Å². The van der Waals surface area contributed by atoms with Crippen molar-refractivity contribution in [3.05, 3.63) is 82.6 Å². The van der Waals surface area contributed by atoms with Gasteiger partial charge in [0.05, 0.1) is 11.2 Å². The van der Waals surface area contributed by atoms with Crippen molar-refractivity contribution in [1.29, 1.82) is 0 Å². The predicted molar refractivity (Wildman–Crippen MR) is 196 cm³/mol. The smallest absolute Gasteiger partial charge is 0.265 e. The van der Waals surface area contributed by atoms with Crippen LogP contribution >= 0.6 is 0 Å². The third-order valence-electron chi connectivity index (χ3n) is 9.80. The fraction of sp³-hybridized carbons (Fsp3) is 0.487. The monoisotopic (exact) mass is 690 g/mol. The summed E-state index contributed by atoms with van der Waals surface area (Å²) in [6.45, 7) is 14.3. The summed E-state index contributed by atoms with van der Waals surface area (Å²) in [6.07, 6.45) is 11.2. The second kappa shape index (κ2) is 15.8. The van der Waals surface area contributed by atoms with Crippen LogP contribution in [0.3, 0.4) is 0 Å². The van der Waals surface area contributed by atoms with Crippen molar-refractivity contribution in [3.8, 4) is 0 Å². The van der Waals surface area contributed by atoms with Gasteiger partial charge in [-0.05, 0) is 64.3 Å². The highest BCUT2D eigenvalue weighted by molar-refractivity contribution is 7.85. The maximum atomic E-state index is 12.4. The van der Waals surface area contributed by atoms with E-state index in [-0.39, 0.29) is 35.3 Å². The molecule has 2 heterocycles. The van der Waals surface area contributed by atoms with Crippen molar-refractivity contribution < 1.29 is 31.9 Å². The molecule has 0 aliphatic carbocycles. The Bertz CT molecular complexity index is 1760. The van der Waals surface area contributed by atoms with Crippen molar-refractivity contribution in [2.75, 3.05) is 23.7 Å². The third-order valence-corrected chi connectivity index (χ3v) is 10.6. The van der Waals surface area contributed by atoms with Crippen molar-refractivity contribution in [2.45, 2.75) is 103 Å². The molecular formula is C39H52N3O6S+. The summed E-state index contributed by atoms with van der Waals surface area (Å²) in [7, 11) is -4.06. The molecule has 0 aromatic heterocycles. The highest BCUT2D eigenvalue weighted by Gasteiger charge is 2.44. The number of rotatable bonds is 17. The number of carbonyl (C=O) groups excluding carboxylic acids is 3. The number of benzene rings is 2. The molecule has 1 amide bonds. The molecule has 2 N–H and O–H groups in total. The summed E-state index contributed by atoms with van der Waals surface area (Å²) in [5.74, 6) is -0.433. The molecule has 0 unspecified atom stereocenters. The molecule has 0 fully saturated rings. The van der Waals surface area contributed by atoms with Crippen LogP contribution in [0.1, 0.15) is 94.9 Å². The van der Waals surface area contributed by atoms with Crippen molar-refractivity contribution in [1.82, 2.24) is 5.32 Å². The highest BCUT2D eigenvalue weighted by atomic mass is 32.2. The summed E-state index contributed by atoms with van der Waals surface area (Å²) in [5, 5.41) is 2.80. The molecule has 49 heavy (non-hydrogen) atoms. The molecule has 0 saturated carbocycles. The average molecular weight is 691 g/mol. The summed E-state index contributed by atoms with van der Waals surface area (Å²) < 4.78 is 34.6. The Labute approximate surface area is 291 Å². The number of nitrogens with one attached hydrogen (secondary N) is 1. The summed E-state index contributed by atoms with van der Waals surface area (Å²) >= 11 is 0. The molecular weight excluding hydrogens is 639 g/mol. The van der Waals surface area contributed by atoms with Gasteiger partial charge in [-0.3, -0.25) is 9.35 Å². The summed E-state index contributed by atoms with van der Waals surface area (Å²) in [5.41, 5.74) is 8.74. The second-order valence-electron chi connectivity index (χ2n) is 14.4. The van der Waals surface area contributed by atoms with Gasteiger partial charge >= 0.3 is 0 Å². The molecule has 4 rings (SSSR count). The zero-order valence-corrected chi connectivity index (χ0v) is 30.6. The maximum Gasteiger partial charge on any atom is 0.265 e. The number of unbranched alkanes of at least 4 members (excludes halogenated alkanes) is 2. The SMILES string of the molecule is Cc1ccc2c(c1)C(C)(C)C(=CC=CC1=[N+](CCCS(=O)(=O)O)c3ccc(C)cc3C1(C)C)N2CCCCCC(=O)NC(CC=O)CC=O. The first-order valence-electron chi connectivity index (χ1n) is 17.3. The number of fused-ring (bicyclic) bond motifs is 2. The van der Waals surface area contributed by atoms with Gasteiger partial charge in [-0.25, -0.2) is 0 Å². The molecule has 9 nitrogen and oxygen atoms in total. The van der Waals surface area contributed by atoms with Gasteiger partial charge in [-0.2, -0.15) is 13.0 Å². The molecule has 10 heteroatoms. The number of aryl methyl sites for hydroxylation is 2. The van der Waals surface area contributed by atoms with Crippen molar-refractivity contribution >= 4 is 45.7 Å². The quantitative estimate of drug-likeness (QED) is 0.0850. The van der Waals surface area contributed by atoms with E-state index < -0.39 is 16.2 Å². The lowest BCUT2D eigenvalue weighted by molar-refractivity contribution is -0.437. The van der Waals surface area contributed by atoms with Crippen LogP contribution in [0, 0.1) is 13.8 Å². The van der Waals surface area contributed by atoms with Gasteiger partial charge < -0.3 is 19.8 Å². The van der Waals surface area contributed by atoms with E-state index in [2.05, 4.69) is 111 Å². The zero-order valence-electron chi connectivity index (χ0n) is 29.8. The largest absolute Gasteiger partial charge is 0.353 e. The molecule has 0 spiro atoms. The first kappa shape index (κ1) is 37.9. The minimum atomic E-state index is -4.06. The molecule has 0 atom stereocenters. The van der Waals surface area contributed by atoms with Gasteiger partial charge in [-0.1, -0.05) is 55.7 Å². The highest BCUT2D eigenvalue weighted by Crippen LogP contribution is 2.48. The third kappa shape index (κ3) is 9.02. The van der Waals surface area contributed by atoms with E-state index in [1.54, 1.807) is 0 Å². The number of anilines is 1. The first-order chi connectivity index (χ1) is 23.1. The minimum Gasteiger partial charge on any atom is -0.353 e. The number of hydrogen-bond donors (Lipinski definition) is 2. The van der Waals surface area contributed by atoms with E-state index in [4.69, 9.17) is 0 Å². The van der Waals surface area contributed by atoms with Crippen LogP contribution in [0.5, 0.6) is 0 Å². The van der Waals surface area contributed by atoms with E-state index in [1.807, 2.05) is 0 Å². The lowest BCUT2D eigenvalue weighted by atomic mass is 9.80. The van der Waals surface area contributed by atoms with Crippen LogP contribution in [-0.2, 0) is 35.3 Å². The molecule has 2 aromatic carbocycles. The molecule has 0 bridgehead atoms. The topological polar surface area (TPSA) is 124 Å². The number of amides is 1. The fourth-order valence-electron chi connectivity index (χ4n) is 7.17. The second-order valence-corrected chi connectivity index (χ2v) is 16.0. The lowest BCUT2D eigenvalue weighted by Gasteiger charge is -2.27. The Balaban J connectivity index is 1.56. The fourth-order valence-corrected chi connectivity index (χ4v) is 7.67. The zero-order chi connectivity index (χ0) is 36.0. The number of hydrogen-bond acceptors (Lipinski definition) is 6. The lowest BCUT2D eigenvalue weighted by Crippen LogP contribution is -2.35. The maximum absolute atomic E-state index is 12.4. The van der Waals surface area contributed by atoms with Crippen LogP contribution < -0.4 is 10.2 Å². The van der Waals surface area contributed by atoms with Gasteiger partial charge in [0.1, 0.15) is 19.1 Å². The number of aldehydes is 2. The van der Waals surface area contributed by atoms with E-state index >= 15 is 0 Å². The number of allylic oxidation sites excluding steroid dienone is 4. The van der Waals surface area contributed by atoms with E-state index in [1.165, 1.54) is 28.1 Å². The summed E-state index contributed by atoms with van der Waals surface area (Å²) in [4.78, 5) is 36.5.